The first-order chi connectivity index (χ1) is 14.8. The zero-order chi connectivity index (χ0) is 22.0. The van der Waals surface area contributed by atoms with E-state index >= 15 is 0 Å². The molecule has 0 aliphatic carbocycles. The number of hydrogen-bond acceptors (Lipinski definition) is 5. The van der Waals surface area contributed by atoms with E-state index in [4.69, 9.17) is 14.2 Å². The Morgan fingerprint density at radius 3 is 2.42 bits per heavy atom. The lowest BCUT2D eigenvalue weighted by Gasteiger charge is -2.35. The zero-order valence-electron chi connectivity index (χ0n) is 18.8. The van der Waals surface area contributed by atoms with E-state index in [1.165, 1.54) is 5.56 Å². The topological polar surface area (TPSA) is 60.0 Å². The van der Waals surface area contributed by atoms with Gasteiger partial charge in [0.25, 0.3) is 5.91 Å². The fraction of sp³-hybridized carbons (Fsp3) is 0.480. The van der Waals surface area contributed by atoms with E-state index in [9.17, 15) is 4.79 Å². The quantitative estimate of drug-likeness (QED) is 0.766. The summed E-state index contributed by atoms with van der Waals surface area (Å²) in [6.45, 7) is 12.0. The van der Waals surface area contributed by atoms with E-state index in [0.717, 1.165) is 36.7 Å². The molecule has 2 aliphatic heterocycles. The molecule has 2 atom stereocenters. The second-order valence-corrected chi connectivity index (χ2v) is 9.28. The number of carbonyl (C=O) groups is 1. The first-order valence-electron chi connectivity index (χ1n) is 11.0. The molecule has 0 spiro atoms. The summed E-state index contributed by atoms with van der Waals surface area (Å²) in [7, 11) is 0. The second kappa shape index (κ2) is 8.89. The molecule has 2 aromatic rings. The predicted octanol–water partition coefficient (Wildman–Crippen LogP) is 3.73. The van der Waals surface area contributed by atoms with Crippen LogP contribution < -0.4 is 14.8 Å². The molecular formula is C25H32N2O4. The number of benzene rings is 2. The van der Waals surface area contributed by atoms with Crippen molar-refractivity contribution in [1.82, 2.24) is 10.2 Å². The van der Waals surface area contributed by atoms with Crippen molar-refractivity contribution < 1.29 is 19.0 Å². The molecule has 0 bridgehead atoms. The van der Waals surface area contributed by atoms with Crippen LogP contribution >= 0.6 is 0 Å². The summed E-state index contributed by atoms with van der Waals surface area (Å²) in [6.07, 6.45) is 0.504. The Hall–Kier alpha value is -2.57. The normalized spacial score (nSPS) is 21.2. The van der Waals surface area contributed by atoms with E-state index in [-0.39, 0.29) is 30.3 Å². The third kappa shape index (κ3) is 5.20. The van der Waals surface area contributed by atoms with Gasteiger partial charge in [-0.3, -0.25) is 9.69 Å². The molecule has 0 saturated carbocycles. The van der Waals surface area contributed by atoms with E-state index in [1.54, 1.807) is 0 Å². The summed E-state index contributed by atoms with van der Waals surface area (Å²) < 4.78 is 16.7. The average molecular weight is 425 g/mol. The van der Waals surface area contributed by atoms with Crippen molar-refractivity contribution in [3.05, 3.63) is 59.2 Å². The maximum Gasteiger partial charge on any atom is 0.251 e. The molecule has 31 heavy (non-hydrogen) atoms. The summed E-state index contributed by atoms with van der Waals surface area (Å²) in [5, 5.41) is 3.08. The van der Waals surface area contributed by atoms with Crippen LogP contribution in [0.4, 0.5) is 0 Å². The molecule has 2 aromatic carbocycles. The second-order valence-electron chi connectivity index (χ2n) is 9.28. The molecule has 4 rings (SSSR count). The Morgan fingerprint density at radius 1 is 1.03 bits per heavy atom. The van der Waals surface area contributed by atoms with Crippen LogP contribution in [-0.2, 0) is 16.7 Å². The van der Waals surface area contributed by atoms with E-state index < -0.39 is 0 Å². The molecule has 1 N–H and O–H groups in total. The predicted molar refractivity (Wildman–Crippen MR) is 120 cm³/mol. The molecule has 2 aliphatic rings. The lowest BCUT2D eigenvalue weighted by atomic mass is 9.84. The van der Waals surface area contributed by atoms with Crippen molar-refractivity contribution in [3.8, 4) is 11.5 Å². The molecular weight excluding hydrogens is 392 g/mol. The van der Waals surface area contributed by atoms with Crippen LogP contribution in [0.1, 0.15) is 49.2 Å². The Morgan fingerprint density at radius 2 is 1.71 bits per heavy atom. The van der Waals surface area contributed by atoms with Gasteiger partial charge in [-0.1, -0.05) is 32.0 Å². The smallest absolute Gasteiger partial charge is 0.251 e. The van der Waals surface area contributed by atoms with Gasteiger partial charge in [-0.2, -0.15) is 0 Å². The van der Waals surface area contributed by atoms with Crippen LogP contribution in [0.3, 0.4) is 0 Å². The third-order valence-corrected chi connectivity index (χ3v) is 5.96. The van der Waals surface area contributed by atoms with Crippen molar-refractivity contribution in [2.45, 2.75) is 51.9 Å². The first kappa shape index (κ1) is 21.7. The molecule has 1 amide bonds. The van der Waals surface area contributed by atoms with Gasteiger partial charge in [0.1, 0.15) is 0 Å². The molecule has 2 unspecified atom stereocenters. The Labute approximate surface area is 184 Å². The molecule has 6 heteroatoms. The minimum absolute atomic E-state index is 0.0611. The zero-order valence-corrected chi connectivity index (χ0v) is 18.8. The highest BCUT2D eigenvalue weighted by atomic mass is 16.7. The number of morpholine rings is 1. The van der Waals surface area contributed by atoms with Crippen molar-refractivity contribution in [2.75, 3.05) is 26.4 Å². The van der Waals surface area contributed by atoms with Crippen LogP contribution in [0.5, 0.6) is 11.5 Å². The number of nitrogens with zero attached hydrogens (tertiary/aromatic N) is 1. The number of hydrogen-bond donors (Lipinski definition) is 1. The SMILES string of the molecule is CC1CN(Cc2ccc(C(=O)NCC(C)(C)c3ccc4c(c3)OCO4)cc2)CC(C)O1. The number of carbonyl (C=O) groups excluding carboxylic acids is 1. The Balaban J connectivity index is 1.33. The van der Waals surface area contributed by atoms with Crippen LogP contribution in [-0.4, -0.2) is 49.4 Å². The average Bonchev–Trinajstić information content (AvgIpc) is 3.20. The highest BCUT2D eigenvalue weighted by molar-refractivity contribution is 5.94. The largest absolute Gasteiger partial charge is 0.454 e. The van der Waals surface area contributed by atoms with Gasteiger partial charge in [0.05, 0.1) is 12.2 Å². The molecule has 1 saturated heterocycles. The van der Waals surface area contributed by atoms with Crippen LogP contribution in [0, 0.1) is 0 Å². The van der Waals surface area contributed by atoms with Crippen LogP contribution in [0.15, 0.2) is 42.5 Å². The Bertz CT molecular complexity index is 916. The van der Waals surface area contributed by atoms with Gasteiger partial charge in [-0.05, 0) is 49.2 Å². The summed E-state index contributed by atoms with van der Waals surface area (Å²) in [5.41, 5.74) is 2.74. The van der Waals surface area contributed by atoms with Crippen molar-refractivity contribution in [1.29, 1.82) is 0 Å². The summed E-state index contributed by atoms with van der Waals surface area (Å²) in [5.74, 6) is 1.47. The molecule has 0 aromatic heterocycles. The third-order valence-electron chi connectivity index (χ3n) is 5.96. The van der Waals surface area contributed by atoms with Gasteiger partial charge in [-0.15, -0.1) is 0 Å². The molecule has 0 radical (unpaired) electrons. The molecule has 166 valence electrons. The summed E-state index contributed by atoms with van der Waals surface area (Å²) >= 11 is 0. The van der Waals surface area contributed by atoms with Gasteiger partial charge in [-0.25, -0.2) is 0 Å². The van der Waals surface area contributed by atoms with Crippen molar-refractivity contribution in [3.63, 3.8) is 0 Å². The fourth-order valence-corrected chi connectivity index (χ4v) is 4.26. The first-order valence-corrected chi connectivity index (χ1v) is 11.0. The van der Waals surface area contributed by atoms with Gasteiger partial charge in [0.15, 0.2) is 11.5 Å². The minimum Gasteiger partial charge on any atom is -0.454 e. The number of ether oxygens (including phenoxy) is 3. The summed E-state index contributed by atoms with van der Waals surface area (Å²) in [6, 6.07) is 13.9. The minimum atomic E-state index is -0.236. The number of amides is 1. The van der Waals surface area contributed by atoms with Crippen LogP contribution in [0.25, 0.3) is 0 Å². The maximum absolute atomic E-state index is 12.7. The van der Waals surface area contributed by atoms with Gasteiger partial charge >= 0.3 is 0 Å². The lowest BCUT2D eigenvalue weighted by Crippen LogP contribution is -2.44. The lowest BCUT2D eigenvalue weighted by molar-refractivity contribution is -0.0704. The molecule has 6 nitrogen and oxygen atoms in total. The van der Waals surface area contributed by atoms with E-state index in [2.05, 4.69) is 37.9 Å². The standard InChI is InChI=1S/C25H32N2O4/c1-17-12-27(13-18(2)31-17)14-19-5-7-20(8-6-19)24(28)26-15-25(3,4)21-9-10-22-23(11-21)30-16-29-22/h5-11,17-18H,12-16H2,1-4H3,(H,26,28). The fourth-order valence-electron chi connectivity index (χ4n) is 4.26. The van der Waals surface area contributed by atoms with Gasteiger partial charge in [0, 0.05) is 37.2 Å². The monoisotopic (exact) mass is 424 g/mol. The van der Waals surface area contributed by atoms with Gasteiger partial charge < -0.3 is 19.5 Å². The van der Waals surface area contributed by atoms with Gasteiger partial charge in [0.2, 0.25) is 6.79 Å². The Kier molecular flexibility index (Phi) is 6.21. The number of fused-ring (bicyclic) bond motifs is 1. The van der Waals surface area contributed by atoms with E-state index in [1.807, 2.05) is 42.5 Å². The molecule has 1 fully saturated rings. The highest BCUT2D eigenvalue weighted by Crippen LogP contribution is 2.36. The van der Waals surface area contributed by atoms with Crippen LogP contribution in [0.2, 0.25) is 0 Å². The van der Waals surface area contributed by atoms with Crippen molar-refractivity contribution >= 4 is 5.91 Å². The number of nitrogens with one attached hydrogen (secondary N) is 1. The highest BCUT2D eigenvalue weighted by Gasteiger charge is 2.25. The molecule has 2 heterocycles. The van der Waals surface area contributed by atoms with E-state index in [0.29, 0.717) is 12.1 Å². The maximum atomic E-state index is 12.7. The summed E-state index contributed by atoms with van der Waals surface area (Å²) in [4.78, 5) is 15.1. The number of rotatable bonds is 6. The van der Waals surface area contributed by atoms with Crippen molar-refractivity contribution in [2.24, 2.45) is 0 Å².